The maximum absolute atomic E-state index is 15.4. The van der Waals surface area contributed by atoms with E-state index in [-0.39, 0.29) is 48.9 Å². The zero-order valence-electron chi connectivity index (χ0n) is 36.2. The van der Waals surface area contributed by atoms with Gasteiger partial charge in [-0.05, 0) is 79.3 Å². The molecule has 5 aliphatic heterocycles. The van der Waals surface area contributed by atoms with Gasteiger partial charge >= 0.3 is 0 Å². The molecule has 3 amide bonds. The number of carbonyl (C=O) groups is 3. The van der Waals surface area contributed by atoms with Crippen molar-refractivity contribution in [3.05, 3.63) is 106 Å². The number of aliphatic hydroxyl groups is 1. The van der Waals surface area contributed by atoms with Gasteiger partial charge in [0, 0.05) is 101 Å². The molecule has 17 nitrogen and oxygen atoms in total. The van der Waals surface area contributed by atoms with Crippen LogP contribution in [0.15, 0.2) is 72.2 Å². The Morgan fingerprint density at radius 1 is 0.923 bits per heavy atom. The fourth-order valence-corrected chi connectivity index (χ4v) is 10.6. The number of piperidine rings is 1. The molecule has 65 heavy (non-hydrogen) atoms. The van der Waals surface area contributed by atoms with E-state index in [0.717, 1.165) is 62.6 Å². The van der Waals surface area contributed by atoms with Gasteiger partial charge in [-0.25, -0.2) is 23.7 Å². The summed E-state index contributed by atoms with van der Waals surface area (Å²) in [5.74, 6) is -0.782. The third-order valence-electron chi connectivity index (χ3n) is 14.5. The number of nitrogens with zero attached hydrogens (tertiary/aromatic N) is 10. The van der Waals surface area contributed by atoms with Crippen LogP contribution in [0.1, 0.15) is 59.8 Å². The summed E-state index contributed by atoms with van der Waals surface area (Å²) in [5.41, 5.74) is 4.24. The summed E-state index contributed by atoms with van der Waals surface area (Å²) in [6, 6.07) is 15.2. The van der Waals surface area contributed by atoms with Crippen LogP contribution in [0.2, 0.25) is 0 Å². The molecule has 3 N–H and O–H groups in total. The first kappa shape index (κ1) is 41.2. The highest BCUT2D eigenvalue weighted by Gasteiger charge is 2.44. The molecule has 5 aromatic rings. The summed E-state index contributed by atoms with van der Waals surface area (Å²) in [7, 11) is 0. The van der Waals surface area contributed by atoms with Crippen LogP contribution >= 0.6 is 0 Å². The van der Waals surface area contributed by atoms with Gasteiger partial charge in [0.2, 0.25) is 17.8 Å². The van der Waals surface area contributed by atoms with Crippen molar-refractivity contribution in [2.45, 2.75) is 75.8 Å². The number of imide groups is 1. The number of hydrogen-bond donors (Lipinski definition) is 3. The number of anilines is 4. The Hall–Kier alpha value is -6.50. The Morgan fingerprint density at radius 2 is 1.69 bits per heavy atom. The molecule has 2 aromatic carbocycles. The molecule has 0 radical (unpaired) electrons. The zero-order valence-corrected chi connectivity index (χ0v) is 36.2. The first-order valence-electron chi connectivity index (χ1n) is 22.6. The van der Waals surface area contributed by atoms with Gasteiger partial charge in [0.15, 0.2) is 11.5 Å². The topological polar surface area (TPSA) is 177 Å². The van der Waals surface area contributed by atoms with Crippen molar-refractivity contribution in [2.24, 2.45) is 0 Å². The Balaban J connectivity index is 0.679. The molecule has 3 aromatic heterocycles. The van der Waals surface area contributed by atoms with Gasteiger partial charge in [0.05, 0.1) is 17.9 Å². The number of piperazine rings is 1. The van der Waals surface area contributed by atoms with Crippen LogP contribution in [-0.2, 0) is 34.7 Å². The monoisotopic (exact) mass is 882 g/mol. The highest BCUT2D eigenvalue weighted by Crippen LogP contribution is 2.39. The second-order valence-electron chi connectivity index (χ2n) is 18.2. The van der Waals surface area contributed by atoms with Gasteiger partial charge in [-0.1, -0.05) is 19.1 Å². The summed E-state index contributed by atoms with van der Waals surface area (Å²) in [4.78, 5) is 75.9. The van der Waals surface area contributed by atoms with E-state index in [1.165, 1.54) is 21.8 Å². The van der Waals surface area contributed by atoms with Crippen molar-refractivity contribution >= 4 is 51.8 Å². The molecule has 6 aliphatic rings. The van der Waals surface area contributed by atoms with E-state index in [0.29, 0.717) is 77.8 Å². The number of benzene rings is 2. The van der Waals surface area contributed by atoms with E-state index >= 15 is 4.39 Å². The smallest absolute Gasteiger partial charge is 0.278 e. The molecular formula is C47H51FN12O5. The first-order valence-corrected chi connectivity index (χ1v) is 22.6. The lowest BCUT2D eigenvalue weighted by atomic mass is 9.97. The van der Waals surface area contributed by atoms with Gasteiger partial charge in [-0.2, -0.15) is 4.98 Å². The highest BCUT2D eigenvalue weighted by atomic mass is 19.1. The standard InChI is InChI=1S/C47H51FN12O5/c1-3-15-59-45(64)35-22-49-46(53-42(35)60(59)39-11-5-28-13-14-47(65,4-2)41(28)51-39)50-30-6-8-31(9-7-30)54-16-18-55(19-17-54)32-24-56(25-32)33-26-57(27-33)38-20-29-23-58(44(63)34(29)21-36(38)48)37-10-12-40(61)52-43(37)62/h3,5-9,11,20-22,32-33,37,65H,1,4,10,12-19,23-27H2,2H3,(H,49,50,53)(H,52,61,62)/t37?,47-/m1/s1. The van der Waals surface area contributed by atoms with Crippen molar-refractivity contribution in [1.82, 2.24) is 44.3 Å². The Morgan fingerprint density at radius 3 is 2.43 bits per heavy atom. The minimum absolute atomic E-state index is 0.175. The van der Waals surface area contributed by atoms with Crippen LogP contribution < -0.4 is 26.0 Å². The second kappa shape index (κ2) is 15.9. The van der Waals surface area contributed by atoms with Gasteiger partial charge < -0.3 is 25.1 Å². The molecule has 8 heterocycles. The number of carbonyl (C=O) groups excluding carboxylic acids is 3. The number of likely N-dealkylation sites (tertiary alicyclic amines) is 1. The van der Waals surface area contributed by atoms with Crippen LogP contribution in [0.5, 0.6) is 0 Å². The lowest BCUT2D eigenvalue weighted by Crippen LogP contribution is -2.71. The predicted octanol–water partition coefficient (Wildman–Crippen LogP) is 3.05. The summed E-state index contributed by atoms with van der Waals surface area (Å²) < 4.78 is 18.6. The van der Waals surface area contributed by atoms with Gasteiger partial charge in [-0.3, -0.25) is 34.3 Å². The highest BCUT2D eigenvalue weighted by molar-refractivity contribution is 6.05. The van der Waals surface area contributed by atoms with Crippen molar-refractivity contribution < 1.29 is 23.9 Å². The molecule has 11 rings (SSSR count). The predicted molar refractivity (Wildman–Crippen MR) is 241 cm³/mol. The van der Waals surface area contributed by atoms with E-state index in [2.05, 4.69) is 49.0 Å². The Bertz CT molecular complexity index is 2830. The van der Waals surface area contributed by atoms with Crippen LogP contribution in [0.25, 0.3) is 16.9 Å². The number of nitrogens with one attached hydrogen (secondary N) is 2. The summed E-state index contributed by atoms with van der Waals surface area (Å²) >= 11 is 0. The molecule has 1 unspecified atom stereocenters. The van der Waals surface area contributed by atoms with Crippen LogP contribution in [-0.4, -0.2) is 132 Å². The second-order valence-corrected chi connectivity index (χ2v) is 18.2. The summed E-state index contributed by atoms with van der Waals surface area (Å²) in [6.45, 7) is 13.4. The minimum Gasteiger partial charge on any atom is -0.384 e. The van der Waals surface area contributed by atoms with Crippen LogP contribution in [0.4, 0.5) is 27.4 Å². The third kappa shape index (κ3) is 7.05. The number of hydrogen-bond acceptors (Lipinski definition) is 13. The van der Waals surface area contributed by atoms with Crippen molar-refractivity contribution in [2.75, 3.05) is 67.5 Å². The van der Waals surface area contributed by atoms with Crippen LogP contribution in [0, 0.1) is 5.82 Å². The van der Waals surface area contributed by atoms with Crippen molar-refractivity contribution in [3.8, 4) is 5.82 Å². The van der Waals surface area contributed by atoms with E-state index in [4.69, 9.17) is 9.97 Å². The summed E-state index contributed by atoms with van der Waals surface area (Å²) in [5, 5.41) is 17.3. The zero-order chi connectivity index (χ0) is 44.7. The number of allylic oxidation sites excluding steroid dienone is 1. The molecule has 0 bridgehead atoms. The number of rotatable bonds is 11. The average Bonchev–Trinajstić information content (AvgIpc) is 3.88. The van der Waals surface area contributed by atoms with E-state index in [9.17, 15) is 24.3 Å². The average molecular weight is 883 g/mol. The van der Waals surface area contributed by atoms with E-state index in [1.54, 1.807) is 16.8 Å². The number of fused-ring (bicyclic) bond motifs is 3. The summed E-state index contributed by atoms with van der Waals surface area (Å²) in [6.07, 6.45) is 5.55. The number of pyridine rings is 1. The molecule has 4 fully saturated rings. The van der Waals surface area contributed by atoms with Gasteiger partial charge in [0.1, 0.15) is 22.8 Å². The number of halogens is 1. The fourth-order valence-electron chi connectivity index (χ4n) is 10.6. The Labute approximate surface area is 374 Å². The molecule has 0 saturated carbocycles. The number of aromatic nitrogens is 5. The molecule has 0 spiro atoms. The molecule has 1 aliphatic carbocycles. The quantitative estimate of drug-likeness (QED) is 0.131. The van der Waals surface area contributed by atoms with Crippen molar-refractivity contribution in [3.63, 3.8) is 0 Å². The maximum atomic E-state index is 15.4. The van der Waals surface area contributed by atoms with Gasteiger partial charge in [0.25, 0.3) is 11.5 Å². The Kier molecular flexibility index (Phi) is 10.1. The normalized spacial score (nSPS) is 22.8. The number of aryl methyl sites for hydroxylation is 1. The van der Waals surface area contributed by atoms with E-state index in [1.807, 2.05) is 36.1 Å². The fraction of sp³-hybridized carbons (Fsp3) is 0.426. The van der Waals surface area contributed by atoms with E-state index < -0.39 is 23.4 Å². The molecule has 2 atom stereocenters. The van der Waals surface area contributed by atoms with Crippen LogP contribution in [0.3, 0.4) is 0 Å². The largest absolute Gasteiger partial charge is 0.384 e. The third-order valence-corrected chi connectivity index (χ3v) is 14.5. The SMILES string of the molecule is C=CCn1c(=O)c2cnc(Nc3ccc(N4CCN(C5CN(C6CN(c7cc8c(cc7F)C(=O)N(C7CCC(=O)NC7=O)C8)C6)C5)CC4)cc3)nc2n1-c1ccc2c(n1)[C@@](O)(CC)CC2. The number of amides is 3. The first-order chi connectivity index (χ1) is 31.5. The lowest BCUT2D eigenvalue weighted by molar-refractivity contribution is -0.136. The maximum Gasteiger partial charge on any atom is 0.278 e. The molecular weight excluding hydrogens is 832 g/mol. The lowest BCUT2D eigenvalue weighted by Gasteiger charge is -2.55. The minimum atomic E-state index is -1.00. The molecule has 18 heteroatoms. The molecule has 4 saturated heterocycles. The van der Waals surface area contributed by atoms with Gasteiger partial charge in [-0.15, -0.1) is 6.58 Å². The van der Waals surface area contributed by atoms with Crippen molar-refractivity contribution in [1.29, 1.82) is 0 Å². The molecule has 336 valence electrons.